The number of carboxylic acid groups (broad SMARTS) is 1. The highest BCUT2D eigenvalue weighted by molar-refractivity contribution is 9.10. The lowest BCUT2D eigenvalue weighted by molar-refractivity contribution is -0.136. The van der Waals surface area contributed by atoms with Crippen LogP contribution in [0.3, 0.4) is 0 Å². The van der Waals surface area contributed by atoms with Crippen LogP contribution in [-0.4, -0.2) is 16.3 Å². The number of hydrogen-bond acceptors (Lipinski definition) is 2. The van der Waals surface area contributed by atoms with Crippen molar-refractivity contribution in [2.45, 2.75) is 16.6 Å². The first-order valence-corrected chi connectivity index (χ1v) is 5.52. The third-order valence-corrected chi connectivity index (χ3v) is 4.04. The van der Waals surface area contributed by atoms with Crippen LogP contribution in [0.25, 0.3) is 0 Å². The Morgan fingerprint density at radius 3 is 3.00 bits per heavy atom. The number of thioether (sulfide) groups is 1. The van der Waals surface area contributed by atoms with E-state index in [0.29, 0.717) is 6.42 Å². The maximum absolute atomic E-state index is 10.7. The van der Waals surface area contributed by atoms with Gasteiger partial charge in [0.15, 0.2) is 0 Å². The fraction of sp³-hybridized carbons (Fsp3) is 0.222. The van der Waals surface area contributed by atoms with E-state index in [0.717, 1.165) is 14.9 Å². The van der Waals surface area contributed by atoms with Gasteiger partial charge >= 0.3 is 5.97 Å². The number of benzene rings is 1. The number of aliphatic carboxylic acids is 1. The van der Waals surface area contributed by atoms with Crippen molar-refractivity contribution in [2.75, 3.05) is 0 Å². The summed E-state index contributed by atoms with van der Waals surface area (Å²) in [5, 5.41) is 8.53. The van der Waals surface area contributed by atoms with Crippen LogP contribution in [0.1, 0.15) is 5.56 Å². The third-order valence-electron chi connectivity index (χ3n) is 2.01. The molecule has 0 radical (unpaired) electrons. The molecule has 1 unspecified atom stereocenters. The van der Waals surface area contributed by atoms with Crippen LogP contribution in [0, 0.1) is 0 Å². The summed E-state index contributed by atoms with van der Waals surface area (Å²) in [7, 11) is 0. The standard InChI is InChI=1S/C9H7BrO2S/c10-6-2-1-3-7-5(6)4-8(13-7)9(11)12/h1-3,8H,4H2,(H,11,12). The van der Waals surface area contributed by atoms with Crippen LogP contribution < -0.4 is 0 Å². The summed E-state index contributed by atoms with van der Waals surface area (Å²) in [5.41, 5.74) is 1.12. The lowest BCUT2D eigenvalue weighted by Crippen LogP contribution is -2.14. The van der Waals surface area contributed by atoms with Gasteiger partial charge in [-0.2, -0.15) is 0 Å². The zero-order chi connectivity index (χ0) is 9.42. The largest absolute Gasteiger partial charge is 0.480 e. The Morgan fingerprint density at radius 1 is 1.62 bits per heavy atom. The lowest BCUT2D eigenvalue weighted by Gasteiger charge is -1.98. The molecule has 0 spiro atoms. The minimum absolute atomic E-state index is 0.311. The third kappa shape index (κ3) is 1.60. The maximum atomic E-state index is 10.7. The second-order valence-corrected chi connectivity index (χ2v) is 4.96. The van der Waals surface area contributed by atoms with Crippen molar-refractivity contribution in [1.82, 2.24) is 0 Å². The first-order chi connectivity index (χ1) is 6.18. The monoisotopic (exact) mass is 258 g/mol. The van der Waals surface area contributed by atoms with Crippen LogP contribution in [0.2, 0.25) is 0 Å². The van der Waals surface area contributed by atoms with Gasteiger partial charge in [0, 0.05) is 9.37 Å². The van der Waals surface area contributed by atoms with Crippen molar-refractivity contribution >= 4 is 33.7 Å². The molecule has 0 aromatic heterocycles. The van der Waals surface area contributed by atoms with E-state index in [4.69, 9.17) is 5.11 Å². The zero-order valence-corrected chi connectivity index (χ0v) is 9.06. The summed E-state index contributed by atoms with van der Waals surface area (Å²) in [6, 6.07) is 5.84. The van der Waals surface area contributed by atoms with E-state index in [1.165, 1.54) is 11.8 Å². The molecule has 0 saturated heterocycles. The Labute approximate surface area is 88.5 Å². The predicted octanol–water partition coefficient (Wildman–Crippen LogP) is 2.55. The average molecular weight is 259 g/mol. The first kappa shape index (κ1) is 9.09. The molecule has 4 heteroatoms. The number of carbonyl (C=O) groups is 1. The second kappa shape index (κ2) is 3.35. The van der Waals surface area contributed by atoms with E-state index in [9.17, 15) is 4.79 Å². The van der Waals surface area contributed by atoms with E-state index in [2.05, 4.69) is 15.9 Å². The summed E-state index contributed by atoms with van der Waals surface area (Å²) >= 11 is 4.85. The van der Waals surface area contributed by atoms with Gasteiger partial charge in [-0.3, -0.25) is 4.79 Å². The van der Waals surface area contributed by atoms with Gasteiger partial charge < -0.3 is 5.11 Å². The Hall–Kier alpha value is -0.480. The summed E-state index contributed by atoms with van der Waals surface area (Å²) in [5.74, 6) is -0.729. The van der Waals surface area contributed by atoms with Gasteiger partial charge in [0.1, 0.15) is 5.25 Å². The van der Waals surface area contributed by atoms with Crippen molar-refractivity contribution in [2.24, 2.45) is 0 Å². The molecule has 1 aliphatic heterocycles. The van der Waals surface area contributed by atoms with Crippen LogP contribution in [0.4, 0.5) is 0 Å². The van der Waals surface area contributed by atoms with Gasteiger partial charge in [0.2, 0.25) is 0 Å². The highest BCUT2D eigenvalue weighted by Crippen LogP contribution is 2.40. The molecule has 13 heavy (non-hydrogen) atoms. The highest BCUT2D eigenvalue weighted by Gasteiger charge is 2.28. The van der Waals surface area contributed by atoms with Crippen LogP contribution in [-0.2, 0) is 11.2 Å². The van der Waals surface area contributed by atoms with Crippen LogP contribution in [0.5, 0.6) is 0 Å². The molecular weight excluding hydrogens is 252 g/mol. The van der Waals surface area contributed by atoms with Gasteiger partial charge in [-0.25, -0.2) is 0 Å². The highest BCUT2D eigenvalue weighted by atomic mass is 79.9. The van der Waals surface area contributed by atoms with E-state index in [1.54, 1.807) is 0 Å². The van der Waals surface area contributed by atoms with Crippen molar-refractivity contribution in [3.05, 3.63) is 28.2 Å². The number of rotatable bonds is 1. The summed E-state index contributed by atoms with van der Waals surface area (Å²) < 4.78 is 1.02. The van der Waals surface area contributed by atoms with Gasteiger partial charge in [0.25, 0.3) is 0 Å². The predicted molar refractivity (Wildman–Crippen MR) is 55.1 cm³/mol. The molecule has 1 N–H and O–H groups in total. The smallest absolute Gasteiger partial charge is 0.317 e. The molecule has 2 rings (SSSR count). The second-order valence-electron chi connectivity index (χ2n) is 2.87. The van der Waals surface area contributed by atoms with E-state index >= 15 is 0 Å². The van der Waals surface area contributed by atoms with Crippen LogP contribution >= 0.6 is 27.7 Å². The van der Waals surface area contributed by atoms with E-state index < -0.39 is 5.97 Å². The van der Waals surface area contributed by atoms with Crippen LogP contribution in [0.15, 0.2) is 27.6 Å². The number of fused-ring (bicyclic) bond motifs is 1. The molecule has 0 saturated carbocycles. The maximum Gasteiger partial charge on any atom is 0.317 e. The molecule has 1 heterocycles. The van der Waals surface area contributed by atoms with E-state index in [-0.39, 0.29) is 5.25 Å². The Bertz CT molecular complexity index is 365. The minimum atomic E-state index is -0.729. The molecule has 0 amide bonds. The Morgan fingerprint density at radius 2 is 2.38 bits per heavy atom. The average Bonchev–Trinajstić information content (AvgIpc) is 2.49. The van der Waals surface area contributed by atoms with Gasteiger partial charge in [-0.15, -0.1) is 11.8 Å². The Kier molecular flexibility index (Phi) is 2.34. The first-order valence-electron chi connectivity index (χ1n) is 3.85. The summed E-state index contributed by atoms with van der Waals surface area (Å²) in [4.78, 5) is 11.8. The zero-order valence-electron chi connectivity index (χ0n) is 6.66. The molecule has 0 bridgehead atoms. The SMILES string of the molecule is O=C(O)C1Cc2c(Br)cccc2S1. The molecule has 1 aromatic rings. The quantitative estimate of drug-likeness (QED) is 0.842. The molecule has 0 aliphatic carbocycles. The summed E-state index contributed by atoms with van der Waals surface area (Å²) in [6.07, 6.45) is 0.622. The molecule has 1 atom stereocenters. The Balaban J connectivity index is 2.35. The molecule has 1 aliphatic rings. The molecular formula is C9H7BrO2S. The molecule has 68 valence electrons. The van der Waals surface area contributed by atoms with Gasteiger partial charge in [0.05, 0.1) is 0 Å². The fourth-order valence-corrected chi connectivity index (χ4v) is 3.17. The summed E-state index contributed by atoms with van der Waals surface area (Å²) in [6.45, 7) is 0. The van der Waals surface area contributed by atoms with Gasteiger partial charge in [-0.1, -0.05) is 22.0 Å². The van der Waals surface area contributed by atoms with Crippen molar-refractivity contribution < 1.29 is 9.90 Å². The fourth-order valence-electron chi connectivity index (χ4n) is 1.37. The van der Waals surface area contributed by atoms with Crippen molar-refractivity contribution in [3.63, 3.8) is 0 Å². The lowest BCUT2D eigenvalue weighted by atomic mass is 10.1. The topological polar surface area (TPSA) is 37.3 Å². The molecule has 0 fully saturated rings. The van der Waals surface area contributed by atoms with Crippen molar-refractivity contribution in [1.29, 1.82) is 0 Å². The number of carboxylic acids is 1. The normalized spacial score (nSPS) is 19.9. The van der Waals surface area contributed by atoms with Crippen molar-refractivity contribution in [3.8, 4) is 0 Å². The number of halogens is 1. The molecule has 1 aromatic carbocycles. The molecule has 2 nitrogen and oxygen atoms in total. The van der Waals surface area contributed by atoms with Gasteiger partial charge in [-0.05, 0) is 24.1 Å². The minimum Gasteiger partial charge on any atom is -0.480 e. The van der Waals surface area contributed by atoms with E-state index in [1.807, 2.05) is 18.2 Å². The number of hydrogen-bond donors (Lipinski definition) is 1.